The third-order valence-corrected chi connectivity index (χ3v) is 2.79. The quantitative estimate of drug-likeness (QED) is 0.0832. The smallest absolute Gasteiger partial charge is 0.275 e. The highest BCUT2D eigenvalue weighted by Gasteiger charge is 2.45. The summed E-state index contributed by atoms with van der Waals surface area (Å²) in [6.45, 7) is -0.195. The van der Waals surface area contributed by atoms with E-state index < -0.39 is 18.2 Å². The molecule has 0 spiro atoms. The summed E-state index contributed by atoms with van der Waals surface area (Å²) in [5.74, 6) is 5.11. The Morgan fingerprint density at radius 1 is 1.56 bits per heavy atom. The summed E-state index contributed by atoms with van der Waals surface area (Å²) in [4.78, 5) is 16.1. The number of aliphatic hydroxyl groups excluding tert-OH is 1. The number of hydrogen-bond donors (Lipinski definition) is 4. The molecule has 1 amide bonds. The van der Waals surface area contributed by atoms with E-state index >= 15 is 0 Å². The third-order valence-electron chi connectivity index (χ3n) is 2.79. The molecule has 2 unspecified atom stereocenters. The maximum Gasteiger partial charge on any atom is 0.275 e. The zero-order valence-electron chi connectivity index (χ0n) is 9.82. The molecule has 1 saturated heterocycles. The number of aliphatic hydroxyl groups is 1. The first-order valence-electron chi connectivity index (χ1n) is 5.68. The molecule has 0 radical (unpaired) electrons. The standard InChI is InChI=1S/C10H17N5O3/c11-3-6(8(12)14-5-1-2-5)9(17)15(13)10-7(4-16)18-10/h3,5,7,10,16H,1-2,4,11,13H2,(H2,12,14). The van der Waals surface area contributed by atoms with Gasteiger partial charge in [0.25, 0.3) is 5.91 Å². The van der Waals surface area contributed by atoms with Gasteiger partial charge in [-0.1, -0.05) is 0 Å². The first-order valence-corrected chi connectivity index (χ1v) is 5.68. The second kappa shape index (κ2) is 4.92. The van der Waals surface area contributed by atoms with Gasteiger partial charge in [-0.3, -0.25) is 9.79 Å². The van der Waals surface area contributed by atoms with E-state index in [1.54, 1.807) is 0 Å². The largest absolute Gasteiger partial charge is 0.404 e. The van der Waals surface area contributed by atoms with Crippen LogP contribution in [-0.4, -0.2) is 46.8 Å². The highest BCUT2D eigenvalue weighted by molar-refractivity contribution is 6.20. The molecule has 0 aromatic rings. The van der Waals surface area contributed by atoms with Crippen molar-refractivity contribution < 1.29 is 14.6 Å². The third kappa shape index (κ3) is 2.61. The van der Waals surface area contributed by atoms with Crippen LogP contribution in [0.25, 0.3) is 0 Å². The van der Waals surface area contributed by atoms with E-state index in [1.165, 1.54) is 0 Å². The monoisotopic (exact) mass is 255 g/mol. The van der Waals surface area contributed by atoms with Crippen molar-refractivity contribution in [1.29, 1.82) is 0 Å². The van der Waals surface area contributed by atoms with Gasteiger partial charge in [-0.05, 0) is 12.8 Å². The summed E-state index contributed by atoms with van der Waals surface area (Å²) in [5, 5.41) is 9.70. The molecular weight excluding hydrogens is 238 g/mol. The Kier molecular flexibility index (Phi) is 3.50. The van der Waals surface area contributed by atoms with Gasteiger partial charge in [-0.2, -0.15) is 0 Å². The SMILES string of the molecule is NC=C(C(=O)N(N)C1OC1CO)C(N)=NC1CC1. The number of hydrogen-bond acceptors (Lipinski definition) is 6. The molecule has 1 aliphatic carbocycles. The van der Waals surface area contributed by atoms with E-state index in [1.807, 2.05) is 0 Å². The van der Waals surface area contributed by atoms with Gasteiger partial charge < -0.3 is 21.3 Å². The number of aliphatic imine (C=N–C) groups is 1. The van der Waals surface area contributed by atoms with Crippen LogP contribution in [0.15, 0.2) is 16.8 Å². The number of amidine groups is 1. The van der Waals surface area contributed by atoms with E-state index in [4.69, 9.17) is 27.2 Å². The molecule has 100 valence electrons. The van der Waals surface area contributed by atoms with Crippen molar-refractivity contribution in [2.45, 2.75) is 31.2 Å². The van der Waals surface area contributed by atoms with E-state index in [0.717, 1.165) is 24.1 Å². The van der Waals surface area contributed by atoms with Crippen molar-refractivity contribution in [3.8, 4) is 0 Å². The van der Waals surface area contributed by atoms with Gasteiger partial charge in [-0.25, -0.2) is 10.9 Å². The summed E-state index contributed by atoms with van der Waals surface area (Å²) < 4.78 is 5.00. The predicted molar refractivity (Wildman–Crippen MR) is 63.7 cm³/mol. The minimum atomic E-state index is -0.633. The molecule has 2 fully saturated rings. The van der Waals surface area contributed by atoms with Crippen molar-refractivity contribution >= 4 is 11.7 Å². The van der Waals surface area contributed by atoms with Crippen molar-refractivity contribution in [2.75, 3.05) is 6.61 Å². The van der Waals surface area contributed by atoms with Crippen LogP contribution in [0.1, 0.15) is 12.8 Å². The molecule has 1 saturated carbocycles. The summed E-state index contributed by atoms with van der Waals surface area (Å²) >= 11 is 0. The zero-order chi connectivity index (χ0) is 13.3. The van der Waals surface area contributed by atoms with E-state index in [-0.39, 0.29) is 24.1 Å². The van der Waals surface area contributed by atoms with Crippen LogP contribution < -0.4 is 17.3 Å². The van der Waals surface area contributed by atoms with Crippen LogP contribution in [-0.2, 0) is 9.53 Å². The van der Waals surface area contributed by atoms with Gasteiger partial charge in [0, 0.05) is 6.20 Å². The lowest BCUT2D eigenvalue weighted by Crippen LogP contribution is -2.44. The number of carbonyl (C=O) groups is 1. The Labute approximate surface area is 104 Å². The lowest BCUT2D eigenvalue weighted by atomic mass is 10.2. The molecule has 18 heavy (non-hydrogen) atoms. The molecule has 1 heterocycles. The zero-order valence-corrected chi connectivity index (χ0v) is 9.82. The number of hydrazine groups is 1. The van der Waals surface area contributed by atoms with Crippen LogP contribution in [0, 0.1) is 0 Å². The number of amides is 1. The predicted octanol–water partition coefficient (Wildman–Crippen LogP) is -2.23. The van der Waals surface area contributed by atoms with Crippen LogP contribution >= 0.6 is 0 Å². The van der Waals surface area contributed by atoms with Gasteiger partial charge in [0.05, 0.1) is 18.2 Å². The summed E-state index contributed by atoms with van der Waals surface area (Å²) in [6.07, 6.45) is 1.94. The molecule has 2 atom stereocenters. The fourth-order valence-electron chi connectivity index (χ4n) is 1.50. The van der Waals surface area contributed by atoms with E-state index in [2.05, 4.69) is 4.99 Å². The molecule has 0 aromatic carbocycles. The summed E-state index contributed by atoms with van der Waals surface area (Å²) in [7, 11) is 0. The molecule has 1 aliphatic heterocycles. The average molecular weight is 255 g/mol. The normalized spacial score (nSPS) is 28.1. The number of epoxide rings is 1. The molecule has 8 nitrogen and oxygen atoms in total. The lowest BCUT2D eigenvalue weighted by Gasteiger charge is -2.15. The Morgan fingerprint density at radius 2 is 2.22 bits per heavy atom. The number of carbonyl (C=O) groups excluding carboxylic acids is 1. The first-order chi connectivity index (χ1) is 8.58. The second-order valence-electron chi connectivity index (χ2n) is 4.29. The van der Waals surface area contributed by atoms with Gasteiger partial charge in [-0.15, -0.1) is 0 Å². The van der Waals surface area contributed by atoms with Crippen molar-refractivity contribution in [2.24, 2.45) is 22.3 Å². The Bertz CT molecular complexity index is 404. The summed E-state index contributed by atoms with van der Waals surface area (Å²) in [5.41, 5.74) is 11.1. The fraction of sp³-hybridized carbons (Fsp3) is 0.600. The lowest BCUT2D eigenvalue weighted by molar-refractivity contribution is -0.129. The minimum absolute atomic E-state index is 0.0524. The summed E-state index contributed by atoms with van der Waals surface area (Å²) in [6, 6.07) is 0.182. The number of ether oxygens (including phenoxy) is 1. The number of nitrogens with two attached hydrogens (primary N) is 3. The number of rotatable bonds is 5. The van der Waals surface area contributed by atoms with Crippen molar-refractivity contribution in [3.63, 3.8) is 0 Å². The maximum atomic E-state index is 12.0. The topological polar surface area (TPSA) is 143 Å². The molecule has 7 N–H and O–H groups in total. The van der Waals surface area contributed by atoms with Crippen LogP contribution in [0.2, 0.25) is 0 Å². The molecule has 0 aromatic heterocycles. The number of nitrogens with zero attached hydrogens (tertiary/aromatic N) is 2. The van der Waals surface area contributed by atoms with E-state index in [9.17, 15) is 4.79 Å². The molecular formula is C10H17N5O3. The molecule has 2 aliphatic rings. The Hall–Kier alpha value is -1.64. The van der Waals surface area contributed by atoms with Gasteiger partial charge in [0.2, 0.25) is 0 Å². The maximum absolute atomic E-state index is 12.0. The van der Waals surface area contributed by atoms with Gasteiger partial charge >= 0.3 is 0 Å². The Balaban J connectivity index is 2.01. The van der Waals surface area contributed by atoms with E-state index in [0.29, 0.717) is 0 Å². The minimum Gasteiger partial charge on any atom is -0.404 e. The first kappa shape index (κ1) is 12.8. The average Bonchev–Trinajstić information content (AvgIpc) is 3.23. The van der Waals surface area contributed by atoms with Crippen molar-refractivity contribution in [3.05, 3.63) is 11.8 Å². The van der Waals surface area contributed by atoms with Crippen LogP contribution in [0.5, 0.6) is 0 Å². The Morgan fingerprint density at radius 3 is 2.67 bits per heavy atom. The molecule has 8 heteroatoms. The molecule has 2 rings (SSSR count). The van der Waals surface area contributed by atoms with Crippen LogP contribution in [0.4, 0.5) is 0 Å². The van der Waals surface area contributed by atoms with Crippen LogP contribution in [0.3, 0.4) is 0 Å². The molecule has 0 bridgehead atoms. The van der Waals surface area contributed by atoms with Gasteiger partial charge in [0.1, 0.15) is 11.9 Å². The highest BCUT2D eigenvalue weighted by Crippen LogP contribution is 2.26. The second-order valence-corrected chi connectivity index (χ2v) is 4.29. The fourth-order valence-corrected chi connectivity index (χ4v) is 1.50. The van der Waals surface area contributed by atoms with Gasteiger partial charge in [0.15, 0.2) is 6.23 Å². The van der Waals surface area contributed by atoms with Crippen molar-refractivity contribution in [1.82, 2.24) is 5.01 Å². The highest BCUT2D eigenvalue weighted by atomic mass is 16.6.